The third-order valence-corrected chi connectivity index (χ3v) is 9.54. The van der Waals surface area contributed by atoms with Crippen molar-refractivity contribution in [1.82, 2.24) is 29.4 Å². The fourth-order valence-electron chi connectivity index (χ4n) is 6.20. The van der Waals surface area contributed by atoms with E-state index in [0.717, 1.165) is 56.6 Å². The molecule has 288 valence electrons. The van der Waals surface area contributed by atoms with E-state index in [9.17, 15) is 18.4 Å². The molecule has 0 radical (unpaired) electrons. The van der Waals surface area contributed by atoms with Crippen molar-refractivity contribution < 1.29 is 18.4 Å². The number of benzene rings is 4. The highest BCUT2D eigenvalue weighted by Gasteiger charge is 2.22. The molecule has 0 bridgehead atoms. The fourth-order valence-corrected chi connectivity index (χ4v) is 6.45. The van der Waals surface area contributed by atoms with Crippen molar-refractivity contribution in [2.24, 2.45) is 5.92 Å². The smallest absolute Gasteiger partial charge is 0.281 e. The van der Waals surface area contributed by atoms with Crippen molar-refractivity contribution in [2.75, 3.05) is 11.1 Å². The average Bonchev–Trinajstić information content (AvgIpc) is 3.74. The van der Waals surface area contributed by atoms with E-state index < -0.39 is 18.0 Å². The third kappa shape index (κ3) is 8.82. The van der Waals surface area contributed by atoms with Gasteiger partial charge in [0.05, 0.1) is 27.6 Å². The molecular weight excluding hydrogens is 757 g/mol. The Morgan fingerprint density at radius 2 is 1.30 bits per heavy atom. The first kappa shape index (κ1) is 39.8. The molecule has 0 fully saturated rings. The maximum absolute atomic E-state index is 13.6. The molecule has 7 rings (SSSR count). The maximum Gasteiger partial charge on any atom is 0.281 e. The van der Waals surface area contributed by atoms with Crippen molar-refractivity contribution in [3.8, 4) is 22.8 Å². The van der Waals surface area contributed by atoms with Crippen LogP contribution in [0.2, 0.25) is 10.0 Å². The number of anilines is 2. The Morgan fingerprint density at radius 1 is 0.768 bits per heavy atom. The number of fused-ring (bicyclic) bond motifs is 2. The second-order valence-corrected chi connectivity index (χ2v) is 14.1. The Morgan fingerprint density at radius 3 is 1.82 bits per heavy atom. The number of carbonyl (C=O) groups excluding carboxylic acids is 2. The summed E-state index contributed by atoms with van der Waals surface area (Å²) in [7, 11) is 0. The standard InChI is InChI=1S/C27H26ClF2N5O2.C15H14ClN3/c1-4-35-22-10-9-19(12-21(22)34-25(35)17-5-7-18(28)8-6-17)33-27(37)20-11-16(13-31-23(20)24(29)30)14-32-26(36)15(2)3;1-2-19-14-8-7-12(17)9-13(14)18-15(19)10-3-5-11(16)6-4-10/h5-13,15,24H,4,14H2,1-3H3,(H,32,36)(H,33,37);3-9H,2,17H2,1H3. The van der Waals surface area contributed by atoms with E-state index in [2.05, 4.69) is 32.1 Å². The molecule has 4 N–H and O–H groups in total. The van der Waals surface area contributed by atoms with Crippen molar-refractivity contribution in [2.45, 2.75) is 53.8 Å². The zero-order valence-corrected chi connectivity index (χ0v) is 32.7. The number of nitrogens with one attached hydrogen (secondary N) is 2. The van der Waals surface area contributed by atoms with E-state index in [4.69, 9.17) is 33.9 Å². The van der Waals surface area contributed by atoms with Gasteiger partial charge in [0.25, 0.3) is 12.3 Å². The Balaban J connectivity index is 0.000000233. The van der Waals surface area contributed by atoms with E-state index in [-0.39, 0.29) is 23.9 Å². The van der Waals surface area contributed by atoms with Crippen LogP contribution in [0.5, 0.6) is 0 Å². The number of alkyl halides is 2. The van der Waals surface area contributed by atoms with Gasteiger partial charge in [-0.25, -0.2) is 18.7 Å². The largest absolute Gasteiger partial charge is 0.399 e. The van der Waals surface area contributed by atoms with Crippen molar-refractivity contribution >= 4 is 68.5 Å². The Bertz CT molecular complexity index is 2520. The molecule has 0 aliphatic carbocycles. The number of hydrogen-bond acceptors (Lipinski definition) is 6. The van der Waals surface area contributed by atoms with E-state index in [1.165, 1.54) is 12.3 Å². The van der Waals surface area contributed by atoms with Crippen molar-refractivity contribution in [3.05, 3.63) is 124 Å². The highest BCUT2D eigenvalue weighted by molar-refractivity contribution is 6.31. The quantitative estimate of drug-likeness (QED) is 0.118. The van der Waals surface area contributed by atoms with Gasteiger partial charge in [-0.3, -0.25) is 14.6 Å². The molecule has 0 aliphatic heterocycles. The number of nitrogens with two attached hydrogens (primary N) is 1. The van der Waals surface area contributed by atoms with E-state index in [1.54, 1.807) is 38.1 Å². The molecule has 0 saturated heterocycles. The van der Waals surface area contributed by atoms with E-state index in [0.29, 0.717) is 28.3 Å². The predicted molar refractivity (Wildman–Crippen MR) is 220 cm³/mol. The molecule has 56 heavy (non-hydrogen) atoms. The number of carbonyl (C=O) groups is 2. The molecule has 0 saturated carbocycles. The lowest BCUT2D eigenvalue weighted by Gasteiger charge is -2.12. The first-order chi connectivity index (χ1) is 26.9. The number of nitrogens with zero attached hydrogens (tertiary/aromatic N) is 5. The van der Waals surface area contributed by atoms with Gasteiger partial charge in [0.15, 0.2) is 0 Å². The molecule has 4 aromatic carbocycles. The van der Waals surface area contributed by atoms with Crippen molar-refractivity contribution in [1.29, 1.82) is 0 Å². The number of aromatic nitrogens is 5. The summed E-state index contributed by atoms with van der Waals surface area (Å²) in [6.07, 6.45) is -1.70. The molecule has 0 spiro atoms. The summed E-state index contributed by atoms with van der Waals surface area (Å²) in [5.74, 6) is 0.536. The number of hydrogen-bond donors (Lipinski definition) is 3. The average molecular weight is 798 g/mol. The number of halogens is 4. The van der Waals surface area contributed by atoms with Crippen LogP contribution in [0.3, 0.4) is 0 Å². The summed E-state index contributed by atoms with van der Waals surface area (Å²) in [5, 5.41) is 6.73. The minimum absolute atomic E-state index is 0.0711. The van der Waals surface area contributed by atoms with Gasteiger partial charge in [-0.05, 0) is 110 Å². The summed E-state index contributed by atoms with van der Waals surface area (Å²) in [5.41, 5.74) is 12.0. The Hall–Kier alpha value is -5.85. The first-order valence-electron chi connectivity index (χ1n) is 18.0. The third-order valence-electron chi connectivity index (χ3n) is 9.03. The number of pyridine rings is 1. The molecule has 3 heterocycles. The molecule has 14 heteroatoms. The Kier molecular flexibility index (Phi) is 12.3. The lowest BCUT2D eigenvalue weighted by molar-refractivity contribution is -0.124. The normalized spacial score (nSPS) is 11.2. The van der Waals surface area contributed by atoms with Gasteiger partial charge in [-0.15, -0.1) is 0 Å². The minimum Gasteiger partial charge on any atom is -0.399 e. The zero-order chi connectivity index (χ0) is 40.1. The predicted octanol–water partition coefficient (Wildman–Crippen LogP) is 10.2. The fraction of sp³-hybridized carbons (Fsp3) is 0.214. The number of amides is 2. The molecule has 0 aliphatic rings. The van der Waals surface area contributed by atoms with Crippen LogP contribution in [0, 0.1) is 5.92 Å². The van der Waals surface area contributed by atoms with Crippen LogP contribution in [0.25, 0.3) is 44.8 Å². The highest BCUT2D eigenvalue weighted by atomic mass is 35.5. The topological polar surface area (TPSA) is 133 Å². The molecule has 2 amide bonds. The van der Waals surface area contributed by atoms with Gasteiger partial charge in [-0.2, -0.15) is 0 Å². The maximum atomic E-state index is 13.6. The summed E-state index contributed by atoms with van der Waals surface area (Å²) in [6.45, 7) is 9.20. The molecule has 3 aromatic heterocycles. The minimum atomic E-state index is -2.94. The summed E-state index contributed by atoms with van der Waals surface area (Å²) in [4.78, 5) is 38.1. The number of imidazole rings is 2. The van der Waals surface area contributed by atoms with Gasteiger partial charge in [0.1, 0.15) is 17.3 Å². The van der Waals surface area contributed by atoms with Gasteiger partial charge in [-0.1, -0.05) is 37.0 Å². The molecular formula is C42H40Cl2F2N8O2. The summed E-state index contributed by atoms with van der Waals surface area (Å²) in [6, 6.07) is 27.4. The van der Waals surface area contributed by atoms with Crippen LogP contribution >= 0.6 is 23.2 Å². The van der Waals surface area contributed by atoms with Crippen LogP contribution in [0.1, 0.15) is 55.7 Å². The van der Waals surface area contributed by atoms with E-state index in [1.807, 2.05) is 72.2 Å². The van der Waals surface area contributed by atoms with Gasteiger partial charge < -0.3 is 25.5 Å². The van der Waals surface area contributed by atoms with Crippen LogP contribution < -0.4 is 16.4 Å². The van der Waals surface area contributed by atoms with Gasteiger partial charge in [0.2, 0.25) is 5.91 Å². The summed E-state index contributed by atoms with van der Waals surface area (Å²) >= 11 is 11.9. The van der Waals surface area contributed by atoms with Gasteiger partial charge >= 0.3 is 0 Å². The van der Waals surface area contributed by atoms with Crippen LogP contribution in [-0.2, 0) is 24.4 Å². The molecule has 10 nitrogen and oxygen atoms in total. The number of aryl methyl sites for hydroxylation is 2. The molecule has 0 unspecified atom stereocenters. The monoisotopic (exact) mass is 796 g/mol. The summed E-state index contributed by atoms with van der Waals surface area (Å²) < 4.78 is 31.5. The first-order valence-corrected chi connectivity index (χ1v) is 18.8. The lowest BCUT2D eigenvalue weighted by Crippen LogP contribution is -2.27. The molecule has 0 atom stereocenters. The van der Waals surface area contributed by atoms with E-state index >= 15 is 0 Å². The van der Waals surface area contributed by atoms with Gasteiger partial charge in [0, 0.05) is 64.3 Å². The highest BCUT2D eigenvalue weighted by Crippen LogP contribution is 2.30. The van der Waals surface area contributed by atoms with Crippen LogP contribution in [0.15, 0.2) is 97.2 Å². The SMILES string of the molecule is CCn1c(-c2ccc(Cl)cc2)nc2cc(N)ccc21.CCn1c(-c2ccc(Cl)cc2)nc2cc(NC(=O)c3cc(CNC(=O)C(C)C)cnc3C(F)F)ccc21. The second-order valence-electron chi connectivity index (χ2n) is 13.2. The lowest BCUT2D eigenvalue weighted by atomic mass is 10.1. The second kappa shape index (κ2) is 17.3. The van der Waals surface area contributed by atoms with Crippen molar-refractivity contribution in [3.63, 3.8) is 0 Å². The molecule has 7 aromatic rings. The number of nitrogen functional groups attached to an aromatic ring is 1. The van der Waals surface area contributed by atoms with Crippen LogP contribution in [-0.4, -0.2) is 35.9 Å². The number of rotatable bonds is 10. The Labute approximate surface area is 332 Å². The zero-order valence-electron chi connectivity index (χ0n) is 31.2. The van der Waals surface area contributed by atoms with Crippen LogP contribution in [0.4, 0.5) is 20.2 Å².